The van der Waals surface area contributed by atoms with Gasteiger partial charge in [-0.2, -0.15) is 0 Å². The van der Waals surface area contributed by atoms with Crippen LogP contribution in [0.1, 0.15) is 12.0 Å². The molecule has 2 aromatic rings. The Labute approximate surface area is 154 Å². The summed E-state index contributed by atoms with van der Waals surface area (Å²) in [6.07, 6.45) is 0.883. The molecule has 1 saturated heterocycles. The van der Waals surface area contributed by atoms with Gasteiger partial charge in [-0.25, -0.2) is 9.18 Å². The van der Waals surface area contributed by atoms with Crippen LogP contribution in [0.15, 0.2) is 48.5 Å². The molecule has 0 aliphatic carbocycles. The quantitative estimate of drug-likeness (QED) is 0.731. The number of rotatable bonds is 3. The lowest BCUT2D eigenvalue weighted by atomic mass is 10.2. The highest BCUT2D eigenvalue weighted by Crippen LogP contribution is 2.16. The predicted molar refractivity (Wildman–Crippen MR) is 101 cm³/mol. The first kappa shape index (κ1) is 17.2. The molecule has 2 amide bonds. The highest BCUT2D eigenvalue weighted by Gasteiger charge is 2.22. The molecule has 1 aliphatic rings. The fourth-order valence-corrected chi connectivity index (χ4v) is 3.34. The minimum absolute atomic E-state index is 0.116. The van der Waals surface area contributed by atoms with Crippen molar-refractivity contribution in [1.29, 1.82) is 0 Å². The van der Waals surface area contributed by atoms with E-state index < -0.39 is 0 Å². The van der Waals surface area contributed by atoms with Gasteiger partial charge < -0.3 is 10.2 Å². The van der Waals surface area contributed by atoms with Gasteiger partial charge in [0.15, 0.2) is 0 Å². The third-order valence-electron chi connectivity index (χ3n) is 3.99. The lowest BCUT2D eigenvalue weighted by Crippen LogP contribution is -2.48. The van der Waals surface area contributed by atoms with Gasteiger partial charge in [-0.1, -0.05) is 24.3 Å². The third kappa shape index (κ3) is 4.45. The van der Waals surface area contributed by atoms with Crippen LogP contribution >= 0.6 is 22.6 Å². The van der Waals surface area contributed by atoms with Crippen molar-refractivity contribution in [1.82, 2.24) is 9.80 Å². The van der Waals surface area contributed by atoms with Crippen molar-refractivity contribution in [3.05, 3.63) is 63.5 Å². The second-order valence-electron chi connectivity index (χ2n) is 5.84. The van der Waals surface area contributed by atoms with Gasteiger partial charge in [-0.15, -0.1) is 0 Å². The van der Waals surface area contributed by atoms with Gasteiger partial charge in [0, 0.05) is 34.5 Å². The van der Waals surface area contributed by atoms with E-state index >= 15 is 0 Å². The highest BCUT2D eigenvalue weighted by atomic mass is 127. The molecule has 1 heterocycles. The number of amides is 2. The van der Waals surface area contributed by atoms with E-state index in [1.165, 1.54) is 6.07 Å². The Morgan fingerprint density at radius 3 is 2.79 bits per heavy atom. The van der Waals surface area contributed by atoms with Crippen LogP contribution in [0.2, 0.25) is 0 Å². The zero-order valence-electron chi connectivity index (χ0n) is 13.2. The Kier molecular flexibility index (Phi) is 5.68. The van der Waals surface area contributed by atoms with E-state index in [9.17, 15) is 9.18 Å². The number of hydrogen-bond acceptors (Lipinski definition) is 2. The molecule has 0 atom stereocenters. The van der Waals surface area contributed by atoms with Crippen molar-refractivity contribution in [2.24, 2.45) is 0 Å². The van der Waals surface area contributed by atoms with E-state index in [4.69, 9.17) is 0 Å². The standard InChI is InChI=1S/C18H19FIN3O/c19-17-8-2-1-5-14(17)12-22-9-4-10-23(13-22)18(24)21-16-7-3-6-15(20)11-16/h1-3,5-8,11H,4,9-10,12-13H2,(H,21,24). The van der Waals surface area contributed by atoms with E-state index in [2.05, 4.69) is 32.8 Å². The molecule has 3 rings (SSSR count). The van der Waals surface area contributed by atoms with E-state index in [-0.39, 0.29) is 11.8 Å². The summed E-state index contributed by atoms with van der Waals surface area (Å²) >= 11 is 2.22. The smallest absolute Gasteiger partial charge is 0.311 e. The van der Waals surface area contributed by atoms with Crippen LogP contribution in [0.25, 0.3) is 0 Å². The molecule has 0 aromatic heterocycles. The topological polar surface area (TPSA) is 35.6 Å². The SMILES string of the molecule is O=C(Nc1cccc(I)c1)N1CCCN(Cc2ccccc2F)C1. The van der Waals surface area contributed by atoms with Crippen LogP contribution in [0.5, 0.6) is 0 Å². The van der Waals surface area contributed by atoms with Crippen molar-refractivity contribution in [3.8, 4) is 0 Å². The monoisotopic (exact) mass is 439 g/mol. The summed E-state index contributed by atoms with van der Waals surface area (Å²) in [6, 6.07) is 14.4. The lowest BCUT2D eigenvalue weighted by molar-refractivity contribution is 0.104. The second-order valence-corrected chi connectivity index (χ2v) is 7.09. The normalized spacial score (nSPS) is 15.3. The van der Waals surface area contributed by atoms with Crippen LogP contribution in [0.3, 0.4) is 0 Å². The Hall–Kier alpha value is -1.67. The molecule has 1 N–H and O–H groups in total. The molecule has 1 fully saturated rings. The minimum atomic E-state index is -0.196. The molecular weight excluding hydrogens is 420 g/mol. The molecule has 0 radical (unpaired) electrons. The summed E-state index contributed by atoms with van der Waals surface area (Å²) in [5.74, 6) is -0.196. The third-order valence-corrected chi connectivity index (χ3v) is 4.66. The Morgan fingerprint density at radius 2 is 2.00 bits per heavy atom. The molecule has 4 nitrogen and oxygen atoms in total. The maximum absolute atomic E-state index is 13.8. The minimum Gasteiger partial charge on any atom is -0.311 e. The summed E-state index contributed by atoms with van der Waals surface area (Å²) in [5, 5.41) is 2.93. The highest BCUT2D eigenvalue weighted by molar-refractivity contribution is 14.1. The second kappa shape index (κ2) is 7.94. The lowest BCUT2D eigenvalue weighted by Gasteiger charge is -2.35. The van der Waals surface area contributed by atoms with Gasteiger partial charge >= 0.3 is 6.03 Å². The number of carbonyl (C=O) groups excluding carboxylic acids is 1. The first-order valence-electron chi connectivity index (χ1n) is 7.89. The zero-order chi connectivity index (χ0) is 16.9. The van der Waals surface area contributed by atoms with Crippen molar-refractivity contribution in [3.63, 3.8) is 0 Å². The molecule has 0 saturated carbocycles. The Balaban J connectivity index is 1.60. The van der Waals surface area contributed by atoms with Gasteiger partial charge in [0.2, 0.25) is 0 Å². The molecule has 2 aromatic carbocycles. The number of anilines is 1. The van der Waals surface area contributed by atoms with Gasteiger partial charge in [-0.05, 0) is 53.3 Å². The van der Waals surface area contributed by atoms with Gasteiger partial charge in [0.1, 0.15) is 5.82 Å². The van der Waals surface area contributed by atoms with Crippen LogP contribution in [-0.4, -0.2) is 35.6 Å². The Morgan fingerprint density at radius 1 is 1.17 bits per heavy atom. The number of nitrogens with zero attached hydrogens (tertiary/aromatic N) is 2. The molecule has 24 heavy (non-hydrogen) atoms. The molecular formula is C18H19FIN3O. The summed E-state index contributed by atoms with van der Waals surface area (Å²) in [6.45, 7) is 2.59. The van der Waals surface area contributed by atoms with Crippen molar-refractivity contribution >= 4 is 34.3 Å². The molecule has 126 valence electrons. The number of benzene rings is 2. The molecule has 0 unspecified atom stereocenters. The first-order chi connectivity index (χ1) is 11.6. The van der Waals surface area contributed by atoms with Gasteiger partial charge in [0.25, 0.3) is 0 Å². The number of urea groups is 1. The maximum atomic E-state index is 13.8. The van der Waals surface area contributed by atoms with Crippen LogP contribution in [0, 0.1) is 9.39 Å². The van der Waals surface area contributed by atoms with Crippen LogP contribution in [0.4, 0.5) is 14.9 Å². The first-order valence-corrected chi connectivity index (χ1v) is 8.97. The average molecular weight is 439 g/mol. The van der Waals surface area contributed by atoms with E-state index in [1.54, 1.807) is 17.0 Å². The summed E-state index contributed by atoms with van der Waals surface area (Å²) in [4.78, 5) is 16.3. The fraction of sp³-hybridized carbons (Fsp3) is 0.278. The molecule has 0 bridgehead atoms. The fourth-order valence-electron chi connectivity index (χ4n) is 2.80. The van der Waals surface area contributed by atoms with Crippen LogP contribution in [-0.2, 0) is 6.54 Å². The predicted octanol–water partition coefficient (Wildman–Crippen LogP) is 4.13. The van der Waals surface area contributed by atoms with E-state index in [1.807, 2.05) is 30.3 Å². The Bertz CT molecular complexity index is 725. The number of hydrogen-bond donors (Lipinski definition) is 1. The maximum Gasteiger partial charge on any atom is 0.322 e. The van der Waals surface area contributed by atoms with Gasteiger partial charge in [0.05, 0.1) is 6.67 Å². The zero-order valence-corrected chi connectivity index (χ0v) is 15.4. The largest absolute Gasteiger partial charge is 0.322 e. The van der Waals surface area contributed by atoms with Crippen LogP contribution < -0.4 is 5.32 Å². The van der Waals surface area contributed by atoms with Crippen molar-refractivity contribution in [2.75, 3.05) is 25.1 Å². The number of halogens is 2. The molecule has 1 aliphatic heterocycles. The van der Waals surface area contributed by atoms with Crippen molar-refractivity contribution < 1.29 is 9.18 Å². The van der Waals surface area contributed by atoms with E-state index in [0.29, 0.717) is 25.3 Å². The summed E-state index contributed by atoms with van der Waals surface area (Å²) in [5.41, 5.74) is 1.45. The molecule has 6 heteroatoms. The van der Waals surface area contributed by atoms with E-state index in [0.717, 1.165) is 22.2 Å². The number of carbonyl (C=O) groups is 1. The van der Waals surface area contributed by atoms with Gasteiger partial charge in [-0.3, -0.25) is 4.90 Å². The van der Waals surface area contributed by atoms with Crippen molar-refractivity contribution in [2.45, 2.75) is 13.0 Å². The molecule has 0 spiro atoms. The summed E-state index contributed by atoms with van der Waals surface area (Å²) < 4.78 is 14.9. The average Bonchev–Trinajstić information content (AvgIpc) is 2.57. The number of nitrogens with one attached hydrogen (secondary N) is 1. The summed E-state index contributed by atoms with van der Waals surface area (Å²) in [7, 11) is 0.